The second-order valence-corrected chi connectivity index (χ2v) is 9.77. The predicted octanol–water partition coefficient (Wildman–Crippen LogP) is 3.77. The Morgan fingerprint density at radius 3 is 2.38 bits per heavy atom. The van der Waals surface area contributed by atoms with Crippen LogP contribution in [0.2, 0.25) is 0 Å². The van der Waals surface area contributed by atoms with Crippen LogP contribution in [0.25, 0.3) is 0 Å². The molecule has 0 aliphatic carbocycles. The third kappa shape index (κ3) is 5.05. The summed E-state index contributed by atoms with van der Waals surface area (Å²) in [6.45, 7) is 9.80. The lowest BCUT2D eigenvalue weighted by Crippen LogP contribution is -2.47. The molecule has 1 saturated heterocycles. The number of hydrogen-bond acceptors (Lipinski definition) is 7. The van der Waals surface area contributed by atoms with Crippen molar-refractivity contribution < 1.29 is 9.53 Å². The van der Waals surface area contributed by atoms with E-state index in [2.05, 4.69) is 59.9 Å². The van der Waals surface area contributed by atoms with Crippen LogP contribution in [0, 0.1) is 6.92 Å². The van der Waals surface area contributed by atoms with E-state index in [1.807, 2.05) is 29.2 Å². The molecule has 1 amide bonds. The number of hydrogen-bond donors (Lipinski definition) is 0. The molecule has 0 atom stereocenters. The molecule has 0 saturated carbocycles. The number of methoxy groups -OCH3 is 1. The molecule has 194 valence electrons. The van der Waals surface area contributed by atoms with E-state index >= 15 is 0 Å². The quantitative estimate of drug-likeness (QED) is 0.510. The average molecular weight is 501 g/mol. The number of anilines is 3. The number of carbonyl (C=O) groups is 1. The number of fused-ring (bicyclic) bond motifs is 1. The summed E-state index contributed by atoms with van der Waals surface area (Å²) < 4.78 is 5.44. The third-order valence-corrected chi connectivity index (χ3v) is 7.45. The van der Waals surface area contributed by atoms with Crippen LogP contribution in [0.3, 0.4) is 0 Å². The zero-order valence-electron chi connectivity index (χ0n) is 22.3. The van der Waals surface area contributed by atoms with E-state index in [-0.39, 0.29) is 5.91 Å². The number of amides is 1. The summed E-state index contributed by atoms with van der Waals surface area (Å²) in [5.41, 5.74) is 5.22. The Labute approximate surface area is 219 Å². The first-order valence-corrected chi connectivity index (χ1v) is 13.1. The lowest BCUT2D eigenvalue weighted by atomic mass is 10.0. The van der Waals surface area contributed by atoms with Crippen LogP contribution < -0.4 is 19.4 Å². The van der Waals surface area contributed by atoms with Crippen LogP contribution in [0.4, 0.5) is 17.5 Å². The zero-order chi connectivity index (χ0) is 25.9. The summed E-state index contributed by atoms with van der Waals surface area (Å²) in [4.78, 5) is 32.2. The van der Waals surface area contributed by atoms with Crippen molar-refractivity contribution >= 4 is 23.4 Å². The van der Waals surface area contributed by atoms with E-state index in [1.54, 1.807) is 7.11 Å². The smallest absolute Gasteiger partial charge is 0.257 e. The number of aryl methyl sites for hydroxylation is 1. The number of piperazine rings is 1. The van der Waals surface area contributed by atoms with Gasteiger partial charge in [0.25, 0.3) is 5.91 Å². The molecule has 3 aromatic rings. The predicted molar refractivity (Wildman–Crippen MR) is 148 cm³/mol. The number of nitrogens with zero attached hydrogens (tertiary/aromatic N) is 6. The van der Waals surface area contributed by atoms with Crippen LogP contribution in [-0.2, 0) is 13.0 Å². The molecular formula is C29H36N6O2. The van der Waals surface area contributed by atoms with Crippen LogP contribution in [0.5, 0.6) is 5.75 Å². The molecule has 8 heteroatoms. The highest BCUT2D eigenvalue weighted by Crippen LogP contribution is 2.31. The molecule has 0 unspecified atom stereocenters. The van der Waals surface area contributed by atoms with Gasteiger partial charge in [-0.1, -0.05) is 29.8 Å². The first kappa shape index (κ1) is 24.9. The van der Waals surface area contributed by atoms with Crippen LogP contribution >= 0.6 is 0 Å². The highest BCUT2D eigenvalue weighted by Gasteiger charge is 2.30. The highest BCUT2D eigenvalue weighted by atomic mass is 16.5. The second-order valence-electron chi connectivity index (χ2n) is 9.77. The molecular weight excluding hydrogens is 464 g/mol. The van der Waals surface area contributed by atoms with Gasteiger partial charge in [-0.25, -0.2) is 4.98 Å². The largest absolute Gasteiger partial charge is 0.496 e. The molecule has 0 spiro atoms. The number of aromatic nitrogens is 2. The molecule has 5 rings (SSSR count). The van der Waals surface area contributed by atoms with Gasteiger partial charge in [-0.3, -0.25) is 4.79 Å². The summed E-state index contributed by atoms with van der Waals surface area (Å²) in [5, 5.41) is 0. The second kappa shape index (κ2) is 10.7. The minimum absolute atomic E-state index is 0.0236. The number of carbonyl (C=O) groups excluding carboxylic acids is 1. The van der Waals surface area contributed by atoms with E-state index in [9.17, 15) is 4.79 Å². The van der Waals surface area contributed by atoms with E-state index in [0.717, 1.165) is 55.7 Å². The Morgan fingerprint density at radius 1 is 0.973 bits per heavy atom. The lowest BCUT2D eigenvalue weighted by molar-refractivity contribution is 0.0730. The van der Waals surface area contributed by atoms with E-state index < -0.39 is 0 Å². The van der Waals surface area contributed by atoms with Crippen molar-refractivity contribution in [2.45, 2.75) is 26.8 Å². The maximum absolute atomic E-state index is 13.4. The van der Waals surface area contributed by atoms with Gasteiger partial charge in [0.2, 0.25) is 5.95 Å². The molecule has 2 aliphatic rings. The molecule has 2 aliphatic heterocycles. The van der Waals surface area contributed by atoms with Crippen molar-refractivity contribution in [1.82, 2.24) is 14.9 Å². The van der Waals surface area contributed by atoms with E-state index in [0.29, 0.717) is 30.8 Å². The van der Waals surface area contributed by atoms with Gasteiger partial charge in [-0.05, 0) is 38.1 Å². The standard InChI is InChI=1S/C29H36N6O2/c1-5-32(3)27-24-20-35(28(36)23-8-6-7-9-26(23)37-4)15-14-25(24)30-29(31-27)34-18-16-33(17-19-34)22-12-10-21(2)11-13-22/h6-13H,5,14-20H2,1-4H3. The minimum atomic E-state index is -0.0236. The van der Waals surface area contributed by atoms with Crippen molar-refractivity contribution in [3.05, 3.63) is 70.9 Å². The number of para-hydroxylation sites is 1. The van der Waals surface area contributed by atoms with Gasteiger partial charge in [0.05, 0.1) is 24.9 Å². The maximum Gasteiger partial charge on any atom is 0.257 e. The Morgan fingerprint density at radius 2 is 1.68 bits per heavy atom. The van der Waals surface area contributed by atoms with Gasteiger partial charge in [0.1, 0.15) is 11.6 Å². The van der Waals surface area contributed by atoms with Crippen molar-refractivity contribution in [1.29, 1.82) is 0 Å². The van der Waals surface area contributed by atoms with Gasteiger partial charge in [-0.15, -0.1) is 0 Å². The first-order chi connectivity index (χ1) is 18.0. The molecule has 0 radical (unpaired) electrons. The SMILES string of the molecule is CCN(C)c1nc(N2CCN(c3ccc(C)cc3)CC2)nc2c1CN(C(=O)c1ccccc1OC)CC2. The van der Waals surface area contributed by atoms with Gasteiger partial charge >= 0.3 is 0 Å². The number of benzene rings is 2. The Kier molecular flexibility index (Phi) is 7.17. The lowest BCUT2D eigenvalue weighted by Gasteiger charge is -2.37. The molecule has 1 fully saturated rings. The molecule has 0 bridgehead atoms. The van der Waals surface area contributed by atoms with Crippen molar-refractivity contribution in [3.8, 4) is 5.75 Å². The van der Waals surface area contributed by atoms with Crippen LogP contribution in [0.1, 0.15) is 34.1 Å². The summed E-state index contributed by atoms with van der Waals surface area (Å²) in [6, 6.07) is 16.1. The first-order valence-electron chi connectivity index (χ1n) is 13.1. The normalized spacial score (nSPS) is 15.4. The topological polar surface area (TPSA) is 65.0 Å². The fourth-order valence-electron chi connectivity index (χ4n) is 5.08. The molecule has 2 aromatic carbocycles. The molecule has 0 N–H and O–H groups in total. The zero-order valence-corrected chi connectivity index (χ0v) is 22.3. The highest BCUT2D eigenvalue weighted by molar-refractivity contribution is 5.97. The maximum atomic E-state index is 13.4. The third-order valence-electron chi connectivity index (χ3n) is 7.45. The number of ether oxygens (including phenoxy) is 1. The monoisotopic (exact) mass is 500 g/mol. The van der Waals surface area contributed by atoms with Gasteiger partial charge in [0.15, 0.2) is 0 Å². The summed E-state index contributed by atoms with van der Waals surface area (Å²) >= 11 is 0. The van der Waals surface area contributed by atoms with Gasteiger partial charge < -0.3 is 24.3 Å². The fraction of sp³-hybridized carbons (Fsp3) is 0.414. The van der Waals surface area contributed by atoms with Crippen molar-refractivity contribution in [2.75, 3.05) is 68.1 Å². The number of rotatable bonds is 6. The van der Waals surface area contributed by atoms with Gasteiger partial charge in [-0.2, -0.15) is 4.98 Å². The van der Waals surface area contributed by atoms with Gasteiger partial charge in [0, 0.05) is 64.0 Å². The Hall–Kier alpha value is -3.81. The van der Waals surface area contributed by atoms with Crippen molar-refractivity contribution in [3.63, 3.8) is 0 Å². The van der Waals surface area contributed by atoms with E-state index in [1.165, 1.54) is 11.3 Å². The summed E-state index contributed by atoms with van der Waals surface area (Å²) in [6.07, 6.45) is 0.708. The summed E-state index contributed by atoms with van der Waals surface area (Å²) in [5.74, 6) is 2.29. The van der Waals surface area contributed by atoms with E-state index in [4.69, 9.17) is 14.7 Å². The molecule has 1 aromatic heterocycles. The fourth-order valence-corrected chi connectivity index (χ4v) is 5.08. The van der Waals surface area contributed by atoms with Crippen LogP contribution in [0.15, 0.2) is 48.5 Å². The molecule has 8 nitrogen and oxygen atoms in total. The average Bonchev–Trinajstić information content (AvgIpc) is 2.96. The van der Waals surface area contributed by atoms with Crippen LogP contribution in [-0.4, -0.2) is 74.2 Å². The molecule has 3 heterocycles. The Balaban J connectivity index is 1.37. The van der Waals surface area contributed by atoms with Crippen molar-refractivity contribution in [2.24, 2.45) is 0 Å². The summed E-state index contributed by atoms with van der Waals surface area (Å²) in [7, 11) is 3.66. The minimum Gasteiger partial charge on any atom is -0.496 e. The molecule has 37 heavy (non-hydrogen) atoms. The Bertz CT molecular complexity index is 1250.